The highest BCUT2D eigenvalue weighted by Gasteiger charge is 2.06. The Morgan fingerprint density at radius 1 is 1.41 bits per heavy atom. The fourth-order valence-electron chi connectivity index (χ4n) is 1.54. The van der Waals surface area contributed by atoms with Crippen LogP contribution in [0.2, 0.25) is 0 Å². The highest BCUT2D eigenvalue weighted by molar-refractivity contribution is 7.98. The van der Waals surface area contributed by atoms with E-state index < -0.39 is 0 Å². The van der Waals surface area contributed by atoms with Gasteiger partial charge in [0.15, 0.2) is 5.78 Å². The predicted octanol–water partition coefficient (Wildman–Crippen LogP) is 2.32. The summed E-state index contributed by atoms with van der Waals surface area (Å²) in [5.41, 5.74) is 1.18. The van der Waals surface area contributed by atoms with Crippen molar-refractivity contribution in [3.63, 3.8) is 0 Å². The fraction of sp³-hybridized carbons (Fsp3) is 0.385. The standard InChI is InChI=1S/C13H16N2OS/c1-15(10-12(16)7-8-14)9-11-3-5-13(17-2)6-4-11/h3-6H,7,9-10H2,1-2H3. The van der Waals surface area contributed by atoms with E-state index >= 15 is 0 Å². The second-order valence-corrected chi connectivity index (χ2v) is 4.77. The van der Waals surface area contributed by atoms with Crippen molar-refractivity contribution in [1.29, 1.82) is 5.26 Å². The Labute approximate surface area is 106 Å². The maximum absolute atomic E-state index is 11.3. The molecule has 0 radical (unpaired) electrons. The van der Waals surface area contributed by atoms with Gasteiger partial charge in [0, 0.05) is 11.4 Å². The maximum Gasteiger partial charge on any atom is 0.160 e. The highest BCUT2D eigenvalue weighted by atomic mass is 32.2. The van der Waals surface area contributed by atoms with Crippen LogP contribution in [0.1, 0.15) is 12.0 Å². The van der Waals surface area contributed by atoms with Gasteiger partial charge in [0.1, 0.15) is 0 Å². The minimum Gasteiger partial charge on any atom is -0.297 e. The Morgan fingerprint density at radius 3 is 2.59 bits per heavy atom. The first-order chi connectivity index (χ1) is 8.15. The summed E-state index contributed by atoms with van der Waals surface area (Å²) in [6, 6.07) is 10.2. The lowest BCUT2D eigenvalue weighted by molar-refractivity contribution is -0.119. The van der Waals surface area contributed by atoms with Crippen molar-refractivity contribution in [2.75, 3.05) is 19.8 Å². The number of hydrogen-bond acceptors (Lipinski definition) is 4. The molecule has 1 aromatic carbocycles. The zero-order chi connectivity index (χ0) is 12.7. The van der Waals surface area contributed by atoms with E-state index in [0.29, 0.717) is 6.54 Å². The minimum absolute atomic E-state index is 0.00421. The third-order valence-corrected chi connectivity index (χ3v) is 3.08. The summed E-state index contributed by atoms with van der Waals surface area (Å²) in [6.45, 7) is 1.06. The Morgan fingerprint density at radius 2 is 2.06 bits per heavy atom. The molecule has 90 valence electrons. The molecule has 4 heteroatoms. The normalized spacial score (nSPS) is 10.2. The topological polar surface area (TPSA) is 44.1 Å². The van der Waals surface area contributed by atoms with Crippen LogP contribution in [0.5, 0.6) is 0 Å². The summed E-state index contributed by atoms with van der Waals surface area (Å²) in [5, 5.41) is 8.41. The largest absolute Gasteiger partial charge is 0.297 e. The Balaban J connectivity index is 2.47. The molecule has 0 heterocycles. The van der Waals surface area contributed by atoms with Crippen molar-refractivity contribution >= 4 is 17.5 Å². The molecule has 0 aliphatic heterocycles. The van der Waals surface area contributed by atoms with Gasteiger partial charge < -0.3 is 0 Å². The lowest BCUT2D eigenvalue weighted by Gasteiger charge is -2.15. The van der Waals surface area contributed by atoms with Crippen LogP contribution in [0.25, 0.3) is 0 Å². The van der Waals surface area contributed by atoms with Crippen LogP contribution < -0.4 is 0 Å². The first kappa shape index (κ1) is 13.8. The van der Waals surface area contributed by atoms with Crippen molar-refractivity contribution in [2.45, 2.75) is 17.9 Å². The molecular weight excluding hydrogens is 232 g/mol. The van der Waals surface area contributed by atoms with E-state index in [9.17, 15) is 4.79 Å². The van der Waals surface area contributed by atoms with Crippen LogP contribution in [-0.2, 0) is 11.3 Å². The van der Waals surface area contributed by atoms with Crippen molar-refractivity contribution in [3.05, 3.63) is 29.8 Å². The lowest BCUT2D eigenvalue weighted by Crippen LogP contribution is -2.25. The predicted molar refractivity (Wildman–Crippen MR) is 69.8 cm³/mol. The molecule has 0 amide bonds. The first-order valence-corrected chi connectivity index (χ1v) is 6.58. The molecular formula is C13H16N2OS. The van der Waals surface area contributed by atoms with E-state index in [2.05, 4.69) is 24.3 Å². The van der Waals surface area contributed by atoms with Gasteiger partial charge in [0.05, 0.1) is 19.0 Å². The van der Waals surface area contributed by atoms with Gasteiger partial charge in [-0.3, -0.25) is 9.69 Å². The van der Waals surface area contributed by atoms with E-state index in [1.165, 1.54) is 10.5 Å². The third kappa shape index (κ3) is 5.03. The first-order valence-electron chi connectivity index (χ1n) is 5.36. The zero-order valence-corrected chi connectivity index (χ0v) is 11.0. The molecule has 0 fully saturated rings. The van der Waals surface area contributed by atoms with Gasteiger partial charge in [-0.1, -0.05) is 12.1 Å². The summed E-state index contributed by atoms with van der Waals surface area (Å²) in [5.74, 6) is -0.0317. The van der Waals surface area contributed by atoms with Crippen LogP contribution in [0, 0.1) is 11.3 Å². The Kier molecular flexibility index (Phi) is 5.75. The molecule has 0 bridgehead atoms. The number of carbonyl (C=O) groups is 1. The number of ketones is 1. The molecule has 0 aliphatic carbocycles. The summed E-state index contributed by atoms with van der Waals surface area (Å²) in [7, 11) is 1.89. The van der Waals surface area contributed by atoms with Gasteiger partial charge in [0.25, 0.3) is 0 Å². The van der Waals surface area contributed by atoms with Crippen LogP contribution in [0.15, 0.2) is 29.2 Å². The molecule has 0 aliphatic rings. The van der Waals surface area contributed by atoms with E-state index in [0.717, 1.165) is 6.54 Å². The van der Waals surface area contributed by atoms with Crippen molar-refractivity contribution in [2.24, 2.45) is 0 Å². The van der Waals surface area contributed by atoms with Gasteiger partial charge >= 0.3 is 0 Å². The second kappa shape index (κ2) is 7.10. The summed E-state index contributed by atoms with van der Waals surface area (Å²) in [6.07, 6.45) is 2.04. The molecule has 0 N–H and O–H groups in total. The lowest BCUT2D eigenvalue weighted by atomic mass is 10.2. The number of nitrogens with zero attached hydrogens (tertiary/aromatic N) is 2. The van der Waals surface area contributed by atoms with E-state index in [-0.39, 0.29) is 12.2 Å². The highest BCUT2D eigenvalue weighted by Crippen LogP contribution is 2.15. The number of nitriles is 1. The minimum atomic E-state index is -0.0317. The summed E-state index contributed by atoms with van der Waals surface area (Å²) in [4.78, 5) is 14.4. The van der Waals surface area contributed by atoms with E-state index in [1.807, 2.05) is 24.3 Å². The number of thioether (sulfide) groups is 1. The molecule has 0 unspecified atom stereocenters. The second-order valence-electron chi connectivity index (χ2n) is 3.89. The molecule has 0 saturated heterocycles. The van der Waals surface area contributed by atoms with Gasteiger partial charge in [-0.05, 0) is 31.0 Å². The Hall–Kier alpha value is -1.31. The van der Waals surface area contributed by atoms with Gasteiger partial charge in [0.2, 0.25) is 0 Å². The molecule has 0 saturated carbocycles. The molecule has 3 nitrogen and oxygen atoms in total. The van der Waals surface area contributed by atoms with Crippen LogP contribution in [0.4, 0.5) is 0 Å². The molecule has 1 aromatic rings. The van der Waals surface area contributed by atoms with Gasteiger partial charge in [-0.15, -0.1) is 11.8 Å². The zero-order valence-electron chi connectivity index (χ0n) is 10.1. The quantitative estimate of drug-likeness (QED) is 0.725. The Bertz CT molecular complexity index is 408. The number of likely N-dealkylation sites (N-methyl/N-ethyl adjacent to an activating group) is 1. The molecule has 0 atom stereocenters. The van der Waals surface area contributed by atoms with Crippen LogP contribution in [-0.4, -0.2) is 30.5 Å². The van der Waals surface area contributed by atoms with Gasteiger partial charge in [-0.25, -0.2) is 0 Å². The van der Waals surface area contributed by atoms with E-state index in [4.69, 9.17) is 5.26 Å². The fourth-order valence-corrected chi connectivity index (χ4v) is 1.95. The average Bonchev–Trinajstić information content (AvgIpc) is 2.30. The molecule has 0 aromatic heterocycles. The van der Waals surface area contributed by atoms with E-state index in [1.54, 1.807) is 11.8 Å². The number of benzene rings is 1. The SMILES string of the molecule is CSc1ccc(CN(C)CC(=O)CC#N)cc1. The van der Waals surface area contributed by atoms with Crippen LogP contribution in [0.3, 0.4) is 0 Å². The number of hydrogen-bond donors (Lipinski definition) is 0. The maximum atomic E-state index is 11.3. The number of Topliss-reactive ketones (excluding diaryl/α,β-unsaturated/α-hetero) is 1. The van der Waals surface area contributed by atoms with Gasteiger partial charge in [-0.2, -0.15) is 5.26 Å². The molecule has 0 spiro atoms. The average molecular weight is 248 g/mol. The monoisotopic (exact) mass is 248 g/mol. The van der Waals surface area contributed by atoms with Crippen molar-refractivity contribution in [1.82, 2.24) is 4.90 Å². The molecule has 17 heavy (non-hydrogen) atoms. The third-order valence-electron chi connectivity index (χ3n) is 2.33. The smallest absolute Gasteiger partial charge is 0.160 e. The number of carbonyl (C=O) groups excluding carboxylic acids is 1. The summed E-state index contributed by atoms with van der Waals surface area (Å²) < 4.78 is 0. The summed E-state index contributed by atoms with van der Waals surface area (Å²) >= 11 is 1.71. The van der Waals surface area contributed by atoms with Crippen LogP contribution >= 0.6 is 11.8 Å². The molecule has 1 rings (SSSR count). The van der Waals surface area contributed by atoms with Crippen molar-refractivity contribution in [3.8, 4) is 6.07 Å². The number of rotatable bonds is 6. The van der Waals surface area contributed by atoms with Crippen molar-refractivity contribution < 1.29 is 4.79 Å².